The third kappa shape index (κ3) is 15.4. The number of hydrogen-bond donors (Lipinski definition) is 2. The molecular formula is C12H32N4. The Morgan fingerprint density at radius 3 is 1.06 bits per heavy atom. The summed E-state index contributed by atoms with van der Waals surface area (Å²) in [6, 6.07) is 0. The van der Waals surface area contributed by atoms with Crippen molar-refractivity contribution in [2.75, 3.05) is 28.2 Å². The van der Waals surface area contributed by atoms with Crippen molar-refractivity contribution in [3.05, 3.63) is 0 Å². The highest BCUT2D eigenvalue weighted by Gasteiger charge is 1.82. The maximum Gasteiger partial charge on any atom is 0.0954 e. The molecule has 0 fully saturated rings. The van der Waals surface area contributed by atoms with E-state index >= 15 is 0 Å². The molecule has 0 saturated heterocycles. The van der Waals surface area contributed by atoms with Gasteiger partial charge in [-0.3, -0.25) is 9.98 Å². The minimum absolute atomic E-state index is 0. The van der Waals surface area contributed by atoms with Crippen molar-refractivity contribution in [2.45, 2.75) is 41.5 Å². The van der Waals surface area contributed by atoms with E-state index in [2.05, 4.69) is 34.5 Å². The molecule has 100 valence electrons. The van der Waals surface area contributed by atoms with Crippen LogP contribution >= 0.6 is 0 Å². The van der Waals surface area contributed by atoms with Crippen LogP contribution in [0.15, 0.2) is 9.98 Å². The monoisotopic (exact) mass is 232 g/mol. The summed E-state index contributed by atoms with van der Waals surface area (Å²) < 4.78 is 0. The Kier molecular flexibility index (Phi) is 29.6. The van der Waals surface area contributed by atoms with Crippen LogP contribution in [0.1, 0.15) is 41.5 Å². The van der Waals surface area contributed by atoms with E-state index in [4.69, 9.17) is 0 Å². The van der Waals surface area contributed by atoms with E-state index in [9.17, 15) is 0 Å². The molecule has 4 heteroatoms. The molecule has 0 amide bonds. The second kappa shape index (κ2) is 19.5. The predicted molar refractivity (Wildman–Crippen MR) is 78.9 cm³/mol. The Hall–Kier alpha value is -1.06. The van der Waals surface area contributed by atoms with E-state index in [1.807, 2.05) is 14.1 Å². The zero-order chi connectivity index (χ0) is 11.4. The summed E-state index contributed by atoms with van der Waals surface area (Å²) in [5, 5.41) is 5.90. The first-order chi connectivity index (χ1) is 6.69. The van der Waals surface area contributed by atoms with E-state index in [-0.39, 0.29) is 14.9 Å². The van der Waals surface area contributed by atoms with Gasteiger partial charge in [-0.15, -0.1) is 0 Å². The van der Waals surface area contributed by atoms with Gasteiger partial charge < -0.3 is 10.6 Å². The summed E-state index contributed by atoms with van der Waals surface area (Å²) in [5.74, 6) is 2.11. The summed E-state index contributed by atoms with van der Waals surface area (Å²) in [5.41, 5.74) is 0. The van der Waals surface area contributed by atoms with Gasteiger partial charge in [-0.05, 0) is 0 Å². The molecule has 0 bridgehead atoms. The van der Waals surface area contributed by atoms with Crippen molar-refractivity contribution in [2.24, 2.45) is 9.98 Å². The number of rotatable bonds is 2. The summed E-state index contributed by atoms with van der Waals surface area (Å²) >= 11 is 0. The van der Waals surface area contributed by atoms with Gasteiger partial charge in [0, 0.05) is 41.0 Å². The lowest BCUT2D eigenvalue weighted by Crippen LogP contribution is -2.16. The van der Waals surface area contributed by atoms with Crippen LogP contribution < -0.4 is 10.6 Å². The number of amidine groups is 2. The Balaban J connectivity index is -0.0000000800. The molecule has 0 aliphatic heterocycles. The molecule has 0 rings (SSSR count). The average molecular weight is 232 g/mol. The molecule has 0 spiro atoms. The highest BCUT2D eigenvalue weighted by atomic mass is 14.9. The highest BCUT2D eigenvalue weighted by Crippen LogP contribution is 1.75. The van der Waals surface area contributed by atoms with Crippen LogP contribution in [0.4, 0.5) is 0 Å². The summed E-state index contributed by atoms with van der Waals surface area (Å²) in [6.45, 7) is 4.14. The molecule has 0 radical (unpaired) electrons. The molecule has 4 nitrogen and oxygen atoms in total. The highest BCUT2D eigenvalue weighted by molar-refractivity contribution is 5.81. The number of nitrogens with zero attached hydrogens (tertiary/aromatic N) is 2. The zero-order valence-corrected chi connectivity index (χ0v) is 10.3. The molecule has 0 aliphatic carbocycles. The number of aliphatic imine (C=N–C) groups is 2. The van der Waals surface area contributed by atoms with Gasteiger partial charge in [-0.25, -0.2) is 0 Å². The Labute approximate surface area is 103 Å². The van der Waals surface area contributed by atoms with Gasteiger partial charge in [0.15, 0.2) is 0 Å². The topological polar surface area (TPSA) is 48.8 Å². The molecule has 0 aromatic carbocycles. The fourth-order valence-electron chi connectivity index (χ4n) is 0.893. The Bertz CT molecular complexity index is 142. The van der Waals surface area contributed by atoms with Gasteiger partial charge in [0.2, 0.25) is 0 Å². The fourth-order valence-corrected chi connectivity index (χ4v) is 0.893. The fraction of sp³-hybridized carbons (Fsp3) is 0.833. The van der Waals surface area contributed by atoms with Gasteiger partial charge in [0.05, 0.1) is 11.7 Å². The van der Waals surface area contributed by atoms with Crippen LogP contribution in [0.5, 0.6) is 0 Å². The normalized spacial score (nSPS) is 10.1. The predicted octanol–water partition coefficient (Wildman–Crippen LogP) is 2.56. The van der Waals surface area contributed by atoms with E-state index < -0.39 is 0 Å². The summed E-state index contributed by atoms with van der Waals surface area (Å²) in [6.07, 6.45) is 1.99. The van der Waals surface area contributed by atoms with Crippen LogP contribution in [0.25, 0.3) is 0 Å². The molecule has 0 unspecified atom stereocenters. The van der Waals surface area contributed by atoms with Crippen LogP contribution in [0.3, 0.4) is 0 Å². The molecule has 0 heterocycles. The molecule has 0 atom stereocenters. The van der Waals surface area contributed by atoms with Crippen molar-refractivity contribution >= 4 is 11.7 Å². The van der Waals surface area contributed by atoms with Gasteiger partial charge in [-0.2, -0.15) is 0 Å². The van der Waals surface area contributed by atoms with Crippen molar-refractivity contribution < 1.29 is 0 Å². The molecule has 0 aromatic rings. The number of hydrogen-bond acceptors (Lipinski definition) is 2. The maximum absolute atomic E-state index is 3.93. The molecule has 0 saturated carbocycles. The number of nitrogens with one attached hydrogen (secondary N) is 2. The zero-order valence-electron chi connectivity index (χ0n) is 10.3. The van der Waals surface area contributed by atoms with E-state index in [0.29, 0.717) is 0 Å². The van der Waals surface area contributed by atoms with Crippen LogP contribution in [-0.4, -0.2) is 39.9 Å². The standard InChI is InChI=1S/2C5H12N2.2CH4/c2*1-4-5(6-2)7-3;;/h2*4H2,1-3H3,(H,6,7);2*1H4. The third-order valence-electron chi connectivity index (χ3n) is 1.79. The Morgan fingerprint density at radius 1 is 0.812 bits per heavy atom. The summed E-state index contributed by atoms with van der Waals surface area (Å²) in [7, 11) is 7.34. The van der Waals surface area contributed by atoms with Crippen LogP contribution in [-0.2, 0) is 0 Å². The van der Waals surface area contributed by atoms with Crippen molar-refractivity contribution in [3.8, 4) is 0 Å². The lowest BCUT2D eigenvalue weighted by molar-refractivity contribution is 1.07. The van der Waals surface area contributed by atoms with Gasteiger partial charge >= 0.3 is 0 Å². The van der Waals surface area contributed by atoms with Gasteiger partial charge in [0.25, 0.3) is 0 Å². The van der Waals surface area contributed by atoms with Gasteiger partial charge in [-0.1, -0.05) is 28.7 Å². The second-order valence-corrected chi connectivity index (χ2v) is 2.55. The summed E-state index contributed by atoms with van der Waals surface area (Å²) in [4.78, 5) is 7.86. The lowest BCUT2D eigenvalue weighted by atomic mass is 10.4. The van der Waals surface area contributed by atoms with Crippen molar-refractivity contribution in [1.82, 2.24) is 10.6 Å². The molecule has 0 aromatic heterocycles. The van der Waals surface area contributed by atoms with Crippen molar-refractivity contribution in [1.29, 1.82) is 0 Å². The van der Waals surface area contributed by atoms with E-state index in [1.54, 1.807) is 14.1 Å². The minimum Gasteiger partial charge on any atom is -0.377 e. The van der Waals surface area contributed by atoms with E-state index in [1.165, 1.54) is 0 Å². The molecule has 2 N–H and O–H groups in total. The van der Waals surface area contributed by atoms with Gasteiger partial charge in [0.1, 0.15) is 0 Å². The minimum atomic E-state index is 0. The van der Waals surface area contributed by atoms with E-state index in [0.717, 1.165) is 24.5 Å². The SMILES string of the molecule is C.C.CCC(=NC)NC.CCC(=NC)NC. The first kappa shape index (κ1) is 24.3. The Morgan fingerprint density at radius 2 is 1.06 bits per heavy atom. The quantitative estimate of drug-likeness (QED) is 0.568. The average Bonchev–Trinajstić information content (AvgIpc) is 2.24. The first-order valence-corrected chi connectivity index (χ1v) is 4.96. The third-order valence-corrected chi connectivity index (χ3v) is 1.79. The lowest BCUT2D eigenvalue weighted by Gasteiger charge is -1.96. The smallest absolute Gasteiger partial charge is 0.0954 e. The molecule has 16 heavy (non-hydrogen) atoms. The first-order valence-electron chi connectivity index (χ1n) is 4.96. The molecular weight excluding hydrogens is 200 g/mol. The van der Waals surface area contributed by atoms with Crippen molar-refractivity contribution in [3.63, 3.8) is 0 Å². The second-order valence-electron chi connectivity index (χ2n) is 2.55. The molecule has 0 aliphatic rings. The maximum atomic E-state index is 3.93. The largest absolute Gasteiger partial charge is 0.377 e. The van der Waals surface area contributed by atoms with Crippen LogP contribution in [0, 0.1) is 0 Å². The van der Waals surface area contributed by atoms with Crippen LogP contribution in [0.2, 0.25) is 0 Å².